The zero-order chi connectivity index (χ0) is 15.0. The highest BCUT2D eigenvalue weighted by Gasteiger charge is 2.17. The third kappa shape index (κ3) is 2.63. The number of alkyl halides is 1. The number of rotatable bonds is 4. The molecule has 2 heterocycles. The number of halogens is 2. The summed E-state index contributed by atoms with van der Waals surface area (Å²) < 4.78 is 17.5. The number of nitrogens with zero attached hydrogens (tertiary/aromatic N) is 5. The first kappa shape index (κ1) is 14.0. The van der Waals surface area contributed by atoms with Gasteiger partial charge >= 0.3 is 0 Å². The molecule has 0 aliphatic heterocycles. The summed E-state index contributed by atoms with van der Waals surface area (Å²) in [4.78, 5) is 8.54. The number of para-hydroxylation sites is 1. The monoisotopic (exact) mass is 307 g/mol. The highest BCUT2D eigenvalue weighted by molar-refractivity contribution is 6.20. The van der Waals surface area contributed by atoms with Gasteiger partial charge < -0.3 is 4.57 Å². The summed E-state index contributed by atoms with van der Waals surface area (Å²) in [6, 6.07) is 4.93. The van der Waals surface area contributed by atoms with Crippen molar-refractivity contribution in [2.45, 2.75) is 25.3 Å². The van der Waals surface area contributed by atoms with Crippen LogP contribution < -0.4 is 0 Å². The minimum atomic E-state index is -0.333. The molecule has 21 heavy (non-hydrogen) atoms. The summed E-state index contributed by atoms with van der Waals surface area (Å²) in [5.74, 6) is 1.07. The molecule has 3 aromatic rings. The Kier molecular flexibility index (Phi) is 3.63. The van der Waals surface area contributed by atoms with Crippen molar-refractivity contribution in [1.82, 2.24) is 24.3 Å². The van der Waals surface area contributed by atoms with Gasteiger partial charge in [-0.3, -0.25) is 4.68 Å². The Bertz CT molecular complexity index is 777. The molecule has 0 bridgehead atoms. The standard InChI is InChI=1S/C14H15ClFN5/c1-9(15)14-18-13-10(16)4-3-5-11(13)21(14)7-6-12-17-8-20(2)19-12/h3-5,8-9H,6-7H2,1-2H3. The molecule has 110 valence electrons. The van der Waals surface area contributed by atoms with Crippen LogP contribution in [0.1, 0.15) is 23.9 Å². The number of aromatic nitrogens is 5. The van der Waals surface area contributed by atoms with E-state index in [0.29, 0.717) is 24.3 Å². The van der Waals surface area contributed by atoms with Crippen molar-refractivity contribution in [2.24, 2.45) is 7.05 Å². The van der Waals surface area contributed by atoms with E-state index in [-0.39, 0.29) is 11.2 Å². The molecule has 0 N–H and O–H groups in total. The van der Waals surface area contributed by atoms with Crippen LogP contribution >= 0.6 is 11.6 Å². The molecular formula is C14H15ClFN5. The minimum Gasteiger partial charge on any atom is -0.326 e. The number of hydrogen-bond donors (Lipinski definition) is 0. The van der Waals surface area contributed by atoms with Crippen molar-refractivity contribution in [2.75, 3.05) is 0 Å². The third-order valence-corrected chi connectivity index (χ3v) is 3.52. The first-order valence-electron chi connectivity index (χ1n) is 6.69. The Morgan fingerprint density at radius 2 is 2.19 bits per heavy atom. The summed E-state index contributed by atoms with van der Waals surface area (Å²) in [6.45, 7) is 2.44. The summed E-state index contributed by atoms with van der Waals surface area (Å²) in [7, 11) is 1.82. The van der Waals surface area contributed by atoms with Gasteiger partial charge in [-0.15, -0.1) is 11.6 Å². The van der Waals surface area contributed by atoms with Gasteiger partial charge in [0.05, 0.1) is 10.9 Å². The van der Waals surface area contributed by atoms with Crippen LogP contribution in [0.15, 0.2) is 24.5 Å². The van der Waals surface area contributed by atoms with Crippen LogP contribution in [0.3, 0.4) is 0 Å². The van der Waals surface area contributed by atoms with Gasteiger partial charge in [-0.25, -0.2) is 14.4 Å². The van der Waals surface area contributed by atoms with E-state index in [1.54, 1.807) is 17.1 Å². The summed E-state index contributed by atoms with van der Waals surface area (Å²) in [5, 5.41) is 3.95. The first-order chi connectivity index (χ1) is 10.1. The second-order valence-electron chi connectivity index (χ2n) is 4.93. The molecule has 0 aliphatic rings. The van der Waals surface area contributed by atoms with Crippen LogP contribution in [0.2, 0.25) is 0 Å². The predicted molar refractivity (Wildman–Crippen MR) is 78.7 cm³/mol. The maximum Gasteiger partial charge on any atom is 0.152 e. The number of fused-ring (bicyclic) bond motifs is 1. The molecule has 1 atom stereocenters. The largest absolute Gasteiger partial charge is 0.326 e. The normalized spacial score (nSPS) is 13.0. The molecule has 2 aromatic heterocycles. The van der Waals surface area contributed by atoms with Gasteiger partial charge in [0.25, 0.3) is 0 Å². The van der Waals surface area contributed by atoms with Crippen LogP contribution in [-0.4, -0.2) is 24.3 Å². The van der Waals surface area contributed by atoms with Crippen LogP contribution in [0.25, 0.3) is 11.0 Å². The average molecular weight is 308 g/mol. The van der Waals surface area contributed by atoms with Crippen LogP contribution in [0.5, 0.6) is 0 Å². The van der Waals surface area contributed by atoms with Gasteiger partial charge in [-0.05, 0) is 19.1 Å². The number of benzene rings is 1. The second kappa shape index (κ2) is 5.44. The Hall–Kier alpha value is -1.95. The molecule has 0 saturated carbocycles. The lowest BCUT2D eigenvalue weighted by molar-refractivity contribution is 0.637. The van der Waals surface area contributed by atoms with Crippen molar-refractivity contribution in [3.05, 3.63) is 42.0 Å². The Labute approximate surface area is 126 Å². The van der Waals surface area contributed by atoms with E-state index in [1.165, 1.54) is 6.07 Å². The smallest absolute Gasteiger partial charge is 0.152 e. The van der Waals surface area contributed by atoms with Crippen LogP contribution in [0.4, 0.5) is 4.39 Å². The van der Waals surface area contributed by atoms with E-state index >= 15 is 0 Å². The predicted octanol–water partition coefficient (Wildman–Crippen LogP) is 2.85. The van der Waals surface area contributed by atoms with Crippen molar-refractivity contribution < 1.29 is 4.39 Å². The lowest BCUT2D eigenvalue weighted by Crippen LogP contribution is -2.08. The van der Waals surface area contributed by atoms with Gasteiger partial charge in [-0.2, -0.15) is 5.10 Å². The van der Waals surface area contributed by atoms with E-state index in [0.717, 1.165) is 11.3 Å². The van der Waals surface area contributed by atoms with Gasteiger partial charge in [0.15, 0.2) is 11.6 Å². The number of imidazole rings is 1. The molecule has 0 amide bonds. The fraction of sp³-hybridized carbons (Fsp3) is 0.357. The minimum absolute atomic E-state index is 0.298. The van der Waals surface area contributed by atoms with Crippen molar-refractivity contribution in [1.29, 1.82) is 0 Å². The second-order valence-corrected chi connectivity index (χ2v) is 5.58. The number of hydrogen-bond acceptors (Lipinski definition) is 3. The first-order valence-corrected chi connectivity index (χ1v) is 7.13. The van der Waals surface area contributed by atoms with Crippen LogP contribution in [0, 0.1) is 5.82 Å². The Morgan fingerprint density at radius 3 is 2.86 bits per heavy atom. The van der Waals surface area contributed by atoms with E-state index in [1.807, 2.05) is 24.6 Å². The maximum absolute atomic E-state index is 13.9. The van der Waals surface area contributed by atoms with Gasteiger partial charge in [0.2, 0.25) is 0 Å². The topological polar surface area (TPSA) is 48.5 Å². The van der Waals surface area contributed by atoms with Crippen molar-refractivity contribution >= 4 is 22.6 Å². The molecule has 1 aromatic carbocycles. The fourth-order valence-corrected chi connectivity index (χ4v) is 2.55. The maximum atomic E-state index is 13.9. The zero-order valence-electron chi connectivity index (χ0n) is 11.8. The molecule has 1 unspecified atom stereocenters. The highest BCUT2D eigenvalue weighted by atomic mass is 35.5. The quantitative estimate of drug-likeness (QED) is 0.696. The molecule has 0 aliphatic carbocycles. The summed E-state index contributed by atoms with van der Waals surface area (Å²) in [6.07, 6.45) is 2.30. The van der Waals surface area contributed by atoms with E-state index in [2.05, 4.69) is 15.1 Å². The lowest BCUT2D eigenvalue weighted by Gasteiger charge is -2.09. The van der Waals surface area contributed by atoms with Gasteiger partial charge in [0.1, 0.15) is 17.7 Å². The van der Waals surface area contributed by atoms with Crippen LogP contribution in [-0.2, 0) is 20.0 Å². The Balaban J connectivity index is 1.99. The van der Waals surface area contributed by atoms with E-state index in [4.69, 9.17) is 11.6 Å². The zero-order valence-corrected chi connectivity index (χ0v) is 12.5. The molecule has 3 rings (SSSR count). The molecular weight excluding hydrogens is 293 g/mol. The SMILES string of the molecule is CC(Cl)c1nc2c(F)cccc2n1CCc1ncn(C)n1. The van der Waals surface area contributed by atoms with E-state index in [9.17, 15) is 4.39 Å². The molecule has 0 saturated heterocycles. The third-order valence-electron chi connectivity index (χ3n) is 3.32. The Morgan fingerprint density at radius 1 is 1.38 bits per heavy atom. The van der Waals surface area contributed by atoms with Crippen molar-refractivity contribution in [3.63, 3.8) is 0 Å². The van der Waals surface area contributed by atoms with Gasteiger partial charge in [0, 0.05) is 20.0 Å². The molecule has 7 heteroatoms. The van der Waals surface area contributed by atoms with Crippen molar-refractivity contribution in [3.8, 4) is 0 Å². The molecule has 0 fully saturated rings. The highest BCUT2D eigenvalue weighted by Crippen LogP contribution is 2.26. The molecule has 0 radical (unpaired) electrons. The van der Waals surface area contributed by atoms with Gasteiger partial charge in [-0.1, -0.05) is 6.07 Å². The summed E-state index contributed by atoms with van der Waals surface area (Å²) in [5.41, 5.74) is 1.10. The fourth-order valence-electron chi connectivity index (χ4n) is 2.38. The molecule has 0 spiro atoms. The van der Waals surface area contributed by atoms with E-state index < -0.39 is 0 Å². The molecule has 5 nitrogen and oxygen atoms in total. The average Bonchev–Trinajstić information content (AvgIpc) is 3.01. The summed E-state index contributed by atoms with van der Waals surface area (Å²) >= 11 is 6.18. The number of aryl methyl sites for hydroxylation is 3. The lowest BCUT2D eigenvalue weighted by atomic mass is 10.3.